The molecule has 10 heteroatoms. The predicted octanol–water partition coefficient (Wildman–Crippen LogP) is 1.85. The van der Waals surface area contributed by atoms with Gasteiger partial charge in [0.25, 0.3) is 0 Å². The molecule has 0 radical (unpaired) electrons. The summed E-state index contributed by atoms with van der Waals surface area (Å²) < 4.78 is 1.79. The normalized spacial score (nSPS) is 10.8. The largest absolute Gasteiger partial charge is 0.388 e. The second-order valence-electron chi connectivity index (χ2n) is 6.17. The summed E-state index contributed by atoms with van der Waals surface area (Å²) in [6.07, 6.45) is 0. The molecule has 1 amide bonds. The highest BCUT2D eigenvalue weighted by molar-refractivity contribution is 5.94. The first kappa shape index (κ1) is 17.5. The molecule has 2 heterocycles. The van der Waals surface area contributed by atoms with E-state index in [9.17, 15) is 4.79 Å². The Morgan fingerprint density at radius 2 is 1.89 bits per heavy atom. The lowest BCUT2D eigenvalue weighted by Crippen LogP contribution is -2.23. The maximum atomic E-state index is 12.2. The van der Waals surface area contributed by atoms with Crippen molar-refractivity contribution in [1.82, 2.24) is 30.2 Å². The van der Waals surface area contributed by atoms with Crippen LogP contribution in [-0.2, 0) is 11.8 Å². The van der Waals surface area contributed by atoms with Crippen LogP contribution in [0.2, 0.25) is 0 Å². The Hall–Kier alpha value is -3.95. The minimum atomic E-state index is -0.179. The summed E-state index contributed by atoms with van der Waals surface area (Å²) in [5, 5.41) is 28.0. The van der Waals surface area contributed by atoms with Gasteiger partial charge >= 0.3 is 0 Å². The van der Waals surface area contributed by atoms with Crippen molar-refractivity contribution in [2.75, 3.05) is 29.5 Å². The van der Waals surface area contributed by atoms with Crippen LogP contribution in [0.5, 0.6) is 0 Å². The van der Waals surface area contributed by atoms with E-state index in [0.29, 0.717) is 11.8 Å². The first-order valence-corrected chi connectivity index (χ1v) is 8.66. The molecule has 0 aliphatic carbocycles. The van der Waals surface area contributed by atoms with E-state index in [1.54, 1.807) is 4.57 Å². The molecule has 10 nitrogen and oxygen atoms in total. The number of anilines is 3. The zero-order chi connectivity index (χ0) is 19.5. The average Bonchev–Trinajstić information content (AvgIpc) is 3.32. The Morgan fingerprint density at radius 1 is 1.07 bits per heavy atom. The van der Waals surface area contributed by atoms with Crippen molar-refractivity contribution in [1.29, 1.82) is 0 Å². The lowest BCUT2D eigenvalue weighted by atomic mass is 10.2. The van der Waals surface area contributed by atoms with Crippen LogP contribution < -0.4 is 16.0 Å². The van der Waals surface area contributed by atoms with E-state index in [-0.39, 0.29) is 12.5 Å². The highest BCUT2D eigenvalue weighted by Crippen LogP contribution is 2.22. The van der Waals surface area contributed by atoms with Crippen LogP contribution in [0.15, 0.2) is 42.5 Å². The number of fused-ring (bicyclic) bond motifs is 1. The van der Waals surface area contributed by atoms with E-state index in [4.69, 9.17) is 0 Å². The molecule has 2 aromatic heterocycles. The van der Waals surface area contributed by atoms with Gasteiger partial charge in [0.15, 0.2) is 5.82 Å². The van der Waals surface area contributed by atoms with Crippen molar-refractivity contribution in [3.8, 4) is 11.4 Å². The molecule has 2 aromatic carbocycles. The summed E-state index contributed by atoms with van der Waals surface area (Å²) in [6, 6.07) is 13.1. The second kappa shape index (κ2) is 7.35. The second-order valence-corrected chi connectivity index (χ2v) is 6.17. The SMILES string of the molecule is CNc1cccc(NC(=O)CNc2nnc(-c3ccc4n[nH]nc4c3)n2C)c1. The van der Waals surface area contributed by atoms with Gasteiger partial charge in [-0.2, -0.15) is 15.4 Å². The molecule has 4 N–H and O–H groups in total. The molecule has 4 aromatic rings. The predicted molar refractivity (Wildman–Crippen MR) is 107 cm³/mol. The topological polar surface area (TPSA) is 125 Å². The van der Waals surface area contributed by atoms with Gasteiger partial charge in [-0.05, 0) is 36.4 Å². The molecule has 28 heavy (non-hydrogen) atoms. The lowest BCUT2D eigenvalue weighted by Gasteiger charge is -2.09. The molecular weight excluding hydrogens is 358 g/mol. The molecule has 0 atom stereocenters. The molecule has 0 spiro atoms. The van der Waals surface area contributed by atoms with Gasteiger partial charge in [0.05, 0.1) is 6.54 Å². The van der Waals surface area contributed by atoms with E-state index in [1.165, 1.54) is 0 Å². The number of nitrogens with zero attached hydrogens (tertiary/aromatic N) is 5. The highest BCUT2D eigenvalue weighted by Gasteiger charge is 2.13. The number of aromatic nitrogens is 6. The first-order chi connectivity index (χ1) is 13.6. The number of carbonyl (C=O) groups is 1. The molecule has 4 rings (SSSR count). The van der Waals surface area contributed by atoms with Gasteiger partial charge in [-0.3, -0.25) is 9.36 Å². The van der Waals surface area contributed by atoms with Crippen LogP contribution in [0.3, 0.4) is 0 Å². The van der Waals surface area contributed by atoms with Gasteiger partial charge in [0.1, 0.15) is 11.0 Å². The van der Waals surface area contributed by atoms with E-state index in [0.717, 1.165) is 28.0 Å². The van der Waals surface area contributed by atoms with Gasteiger partial charge in [0.2, 0.25) is 11.9 Å². The number of hydrogen-bond acceptors (Lipinski definition) is 7. The van der Waals surface area contributed by atoms with Gasteiger partial charge in [-0.1, -0.05) is 6.07 Å². The van der Waals surface area contributed by atoms with Crippen molar-refractivity contribution in [2.24, 2.45) is 7.05 Å². The summed E-state index contributed by atoms with van der Waals surface area (Å²) in [5.74, 6) is 0.978. The van der Waals surface area contributed by atoms with Crippen molar-refractivity contribution in [3.63, 3.8) is 0 Å². The van der Waals surface area contributed by atoms with E-state index >= 15 is 0 Å². The summed E-state index contributed by atoms with van der Waals surface area (Å²) in [4.78, 5) is 12.2. The molecule has 0 saturated heterocycles. The Kier molecular flexibility index (Phi) is 4.58. The number of hydrogen-bond donors (Lipinski definition) is 4. The lowest BCUT2D eigenvalue weighted by molar-refractivity contribution is -0.114. The maximum absolute atomic E-state index is 12.2. The molecule has 0 aliphatic rings. The Bertz CT molecular complexity index is 1130. The van der Waals surface area contributed by atoms with Gasteiger partial charge < -0.3 is 16.0 Å². The summed E-state index contributed by atoms with van der Waals surface area (Å²) in [5.41, 5.74) is 4.03. The van der Waals surface area contributed by atoms with Crippen molar-refractivity contribution in [2.45, 2.75) is 0 Å². The molecular formula is C18H19N9O. The number of amides is 1. The van der Waals surface area contributed by atoms with Crippen LogP contribution in [0.1, 0.15) is 0 Å². The van der Waals surface area contributed by atoms with E-state index in [2.05, 4.69) is 41.6 Å². The van der Waals surface area contributed by atoms with E-state index < -0.39 is 0 Å². The van der Waals surface area contributed by atoms with Gasteiger partial charge in [-0.15, -0.1) is 10.2 Å². The fourth-order valence-electron chi connectivity index (χ4n) is 2.83. The van der Waals surface area contributed by atoms with Crippen LogP contribution in [0.25, 0.3) is 22.4 Å². The third-order valence-electron chi connectivity index (χ3n) is 4.29. The number of nitrogens with one attached hydrogen (secondary N) is 4. The third-order valence-corrected chi connectivity index (χ3v) is 4.29. The molecule has 0 aliphatic heterocycles. The maximum Gasteiger partial charge on any atom is 0.243 e. The fraction of sp³-hybridized carbons (Fsp3) is 0.167. The molecule has 0 fully saturated rings. The summed E-state index contributed by atoms with van der Waals surface area (Å²) in [6.45, 7) is 0.0675. The molecule has 142 valence electrons. The van der Waals surface area contributed by atoms with Crippen LogP contribution in [-0.4, -0.2) is 49.7 Å². The first-order valence-electron chi connectivity index (χ1n) is 8.66. The quantitative estimate of drug-likeness (QED) is 0.404. The van der Waals surface area contributed by atoms with Gasteiger partial charge in [0, 0.05) is 31.0 Å². The zero-order valence-corrected chi connectivity index (χ0v) is 15.4. The third kappa shape index (κ3) is 3.47. The van der Waals surface area contributed by atoms with Crippen molar-refractivity contribution >= 4 is 34.3 Å². The highest BCUT2D eigenvalue weighted by atomic mass is 16.1. The van der Waals surface area contributed by atoms with Crippen LogP contribution in [0, 0.1) is 0 Å². The number of aromatic amines is 1. The molecule has 0 saturated carbocycles. The fourth-order valence-corrected chi connectivity index (χ4v) is 2.83. The molecule has 0 bridgehead atoms. The Labute approximate surface area is 160 Å². The number of rotatable bonds is 6. The smallest absolute Gasteiger partial charge is 0.243 e. The van der Waals surface area contributed by atoms with E-state index in [1.807, 2.05) is 56.6 Å². The van der Waals surface area contributed by atoms with Crippen LogP contribution in [0.4, 0.5) is 17.3 Å². The average molecular weight is 377 g/mol. The Morgan fingerprint density at radius 3 is 2.75 bits per heavy atom. The standard InChI is InChI=1S/C18H19N9O/c1-19-12-4-3-5-13(9-12)21-16(28)10-20-18-25-24-17(27(18)2)11-6-7-14-15(8-11)23-26-22-14/h3-9,19H,10H2,1-2H3,(H,20,25)(H,21,28)(H,22,23,26). The summed E-state index contributed by atoms with van der Waals surface area (Å²) in [7, 11) is 3.66. The minimum absolute atomic E-state index is 0.0675. The number of benzene rings is 2. The van der Waals surface area contributed by atoms with Crippen molar-refractivity contribution < 1.29 is 4.79 Å². The number of carbonyl (C=O) groups excluding carboxylic acids is 1. The summed E-state index contributed by atoms with van der Waals surface area (Å²) >= 11 is 0. The minimum Gasteiger partial charge on any atom is -0.388 e. The number of H-pyrrole nitrogens is 1. The van der Waals surface area contributed by atoms with Crippen LogP contribution >= 0.6 is 0 Å². The van der Waals surface area contributed by atoms with Crippen molar-refractivity contribution in [3.05, 3.63) is 42.5 Å². The monoisotopic (exact) mass is 377 g/mol. The Balaban J connectivity index is 1.43. The molecule has 0 unspecified atom stereocenters. The zero-order valence-electron chi connectivity index (χ0n) is 15.4. The van der Waals surface area contributed by atoms with Gasteiger partial charge in [-0.25, -0.2) is 0 Å².